The van der Waals surface area contributed by atoms with E-state index in [1.165, 1.54) is 11.1 Å². The van der Waals surface area contributed by atoms with E-state index in [-0.39, 0.29) is 23.1 Å². The van der Waals surface area contributed by atoms with Gasteiger partial charge in [-0.3, -0.25) is 9.59 Å². The Morgan fingerprint density at radius 2 is 2.04 bits per heavy atom. The van der Waals surface area contributed by atoms with Gasteiger partial charge in [0.25, 0.3) is 0 Å². The molecule has 4 heteroatoms. The van der Waals surface area contributed by atoms with Crippen LogP contribution >= 0.6 is 0 Å². The van der Waals surface area contributed by atoms with Crippen LogP contribution in [-0.4, -0.2) is 36.3 Å². The molecular weight excluding hydrogens is 300 g/mol. The Balaban J connectivity index is 1.58. The molecule has 1 aromatic carbocycles. The van der Waals surface area contributed by atoms with Crippen molar-refractivity contribution in [2.24, 2.45) is 5.92 Å². The normalized spacial score (nSPS) is 22.1. The van der Waals surface area contributed by atoms with Crippen LogP contribution in [0.4, 0.5) is 0 Å². The number of nitrogens with zero attached hydrogens (tertiary/aromatic N) is 1. The third kappa shape index (κ3) is 3.47. The van der Waals surface area contributed by atoms with Gasteiger partial charge in [0.05, 0.1) is 5.92 Å². The predicted octanol–water partition coefficient (Wildman–Crippen LogP) is 2.79. The molecule has 2 aliphatic rings. The first kappa shape index (κ1) is 17.0. The average Bonchev–Trinajstić information content (AvgIpc) is 3.40. The molecule has 24 heavy (non-hydrogen) atoms. The van der Waals surface area contributed by atoms with E-state index in [0.29, 0.717) is 13.0 Å². The average molecular weight is 328 g/mol. The Morgan fingerprint density at radius 3 is 2.71 bits per heavy atom. The lowest BCUT2D eigenvalue weighted by Crippen LogP contribution is -2.46. The van der Waals surface area contributed by atoms with Crippen molar-refractivity contribution in [2.75, 3.05) is 19.6 Å². The van der Waals surface area contributed by atoms with Gasteiger partial charge in [0.2, 0.25) is 11.8 Å². The fourth-order valence-electron chi connectivity index (χ4n) is 3.90. The van der Waals surface area contributed by atoms with Crippen LogP contribution in [0.5, 0.6) is 0 Å². The van der Waals surface area contributed by atoms with Gasteiger partial charge in [0.15, 0.2) is 0 Å². The first-order valence-corrected chi connectivity index (χ1v) is 9.17. The predicted molar refractivity (Wildman–Crippen MR) is 94.7 cm³/mol. The Bertz CT molecular complexity index is 622. The van der Waals surface area contributed by atoms with Crippen molar-refractivity contribution >= 4 is 11.8 Å². The second-order valence-electron chi connectivity index (χ2n) is 7.35. The maximum Gasteiger partial charge on any atom is 0.224 e. The molecule has 0 spiro atoms. The Kier molecular flexibility index (Phi) is 4.93. The summed E-state index contributed by atoms with van der Waals surface area (Å²) < 4.78 is 0. The van der Waals surface area contributed by atoms with Crippen LogP contribution in [0, 0.1) is 12.8 Å². The molecule has 1 saturated carbocycles. The molecule has 1 aliphatic carbocycles. The van der Waals surface area contributed by atoms with Gasteiger partial charge in [0.1, 0.15) is 0 Å². The number of aryl methyl sites for hydroxylation is 1. The second-order valence-corrected chi connectivity index (χ2v) is 7.35. The molecule has 130 valence electrons. The summed E-state index contributed by atoms with van der Waals surface area (Å²) in [5.41, 5.74) is 2.81. The van der Waals surface area contributed by atoms with Gasteiger partial charge in [-0.2, -0.15) is 0 Å². The fourth-order valence-corrected chi connectivity index (χ4v) is 3.90. The van der Waals surface area contributed by atoms with E-state index in [2.05, 4.69) is 36.5 Å². The number of rotatable bonds is 5. The van der Waals surface area contributed by atoms with E-state index in [9.17, 15) is 9.59 Å². The van der Waals surface area contributed by atoms with Gasteiger partial charge in [-0.15, -0.1) is 0 Å². The van der Waals surface area contributed by atoms with Gasteiger partial charge in [-0.05, 0) is 43.7 Å². The molecule has 4 nitrogen and oxygen atoms in total. The van der Waals surface area contributed by atoms with E-state index < -0.39 is 0 Å². The molecule has 1 heterocycles. The van der Waals surface area contributed by atoms with Crippen LogP contribution in [0.1, 0.15) is 50.2 Å². The minimum absolute atomic E-state index is 0.0538. The van der Waals surface area contributed by atoms with Crippen LogP contribution in [0.2, 0.25) is 0 Å². The summed E-state index contributed by atoms with van der Waals surface area (Å²) in [4.78, 5) is 26.3. The summed E-state index contributed by atoms with van der Waals surface area (Å²) in [6.45, 7) is 6.12. The quantitative estimate of drug-likeness (QED) is 0.903. The SMILES string of the molecule is CCC(=O)N1CCCC(C(=O)NCC2(c3ccccc3C)CC2)C1. The highest BCUT2D eigenvalue weighted by molar-refractivity contribution is 5.81. The van der Waals surface area contributed by atoms with Crippen LogP contribution in [0.25, 0.3) is 0 Å². The lowest BCUT2D eigenvalue weighted by Gasteiger charge is -2.32. The van der Waals surface area contributed by atoms with Crippen molar-refractivity contribution in [1.82, 2.24) is 10.2 Å². The number of carbonyl (C=O) groups is 2. The topological polar surface area (TPSA) is 49.4 Å². The van der Waals surface area contributed by atoms with E-state index in [1.807, 2.05) is 11.8 Å². The summed E-state index contributed by atoms with van der Waals surface area (Å²) in [5.74, 6) is 0.219. The molecule has 3 rings (SSSR count). The van der Waals surface area contributed by atoms with E-state index in [1.54, 1.807) is 0 Å². The second kappa shape index (κ2) is 6.96. The molecule has 0 aromatic heterocycles. The van der Waals surface area contributed by atoms with Crippen LogP contribution < -0.4 is 5.32 Å². The highest BCUT2D eigenvalue weighted by Gasteiger charge is 2.45. The molecule has 0 bridgehead atoms. The maximum absolute atomic E-state index is 12.6. The zero-order valence-corrected chi connectivity index (χ0v) is 14.8. The van der Waals surface area contributed by atoms with E-state index in [0.717, 1.165) is 38.8 Å². The lowest BCUT2D eigenvalue weighted by molar-refractivity contribution is -0.135. The Hall–Kier alpha value is -1.84. The molecule has 2 amide bonds. The summed E-state index contributed by atoms with van der Waals surface area (Å²) in [6.07, 6.45) is 4.61. The summed E-state index contributed by atoms with van der Waals surface area (Å²) in [5, 5.41) is 3.18. The van der Waals surface area contributed by atoms with Crippen molar-refractivity contribution in [1.29, 1.82) is 0 Å². The standard InChI is InChI=1S/C20H28N2O2/c1-3-18(23)22-12-6-8-16(13-22)19(24)21-14-20(10-11-20)17-9-5-4-7-15(17)2/h4-5,7,9,16H,3,6,8,10-14H2,1-2H3,(H,21,24). The molecule has 1 aliphatic heterocycles. The Labute approximate surface area is 144 Å². The van der Waals surface area contributed by atoms with Crippen LogP contribution in [0.3, 0.4) is 0 Å². The van der Waals surface area contributed by atoms with E-state index >= 15 is 0 Å². The van der Waals surface area contributed by atoms with Gasteiger partial charge in [0, 0.05) is 31.5 Å². The number of carbonyl (C=O) groups excluding carboxylic acids is 2. The molecule has 2 fully saturated rings. The smallest absolute Gasteiger partial charge is 0.224 e. The molecule has 1 saturated heterocycles. The van der Waals surface area contributed by atoms with E-state index in [4.69, 9.17) is 0 Å². The molecule has 1 unspecified atom stereocenters. The van der Waals surface area contributed by atoms with Crippen molar-refractivity contribution in [3.63, 3.8) is 0 Å². The maximum atomic E-state index is 12.6. The first-order valence-electron chi connectivity index (χ1n) is 9.17. The van der Waals surface area contributed by atoms with Gasteiger partial charge >= 0.3 is 0 Å². The number of nitrogens with one attached hydrogen (secondary N) is 1. The zero-order chi connectivity index (χ0) is 17.2. The number of hydrogen-bond donors (Lipinski definition) is 1. The highest BCUT2D eigenvalue weighted by Crippen LogP contribution is 2.48. The Morgan fingerprint density at radius 1 is 1.29 bits per heavy atom. The minimum atomic E-state index is -0.0538. The number of hydrogen-bond acceptors (Lipinski definition) is 2. The van der Waals surface area contributed by atoms with Crippen molar-refractivity contribution in [3.05, 3.63) is 35.4 Å². The molecule has 1 atom stereocenters. The largest absolute Gasteiger partial charge is 0.355 e. The number of amides is 2. The third-order valence-corrected chi connectivity index (χ3v) is 5.62. The lowest BCUT2D eigenvalue weighted by atomic mass is 9.91. The molecule has 1 aromatic rings. The fraction of sp³-hybridized carbons (Fsp3) is 0.600. The monoisotopic (exact) mass is 328 g/mol. The van der Waals surface area contributed by atoms with Crippen LogP contribution in [0.15, 0.2) is 24.3 Å². The molecular formula is C20H28N2O2. The van der Waals surface area contributed by atoms with Gasteiger partial charge < -0.3 is 10.2 Å². The van der Waals surface area contributed by atoms with Crippen molar-refractivity contribution in [2.45, 2.75) is 51.4 Å². The van der Waals surface area contributed by atoms with Crippen molar-refractivity contribution in [3.8, 4) is 0 Å². The number of benzene rings is 1. The number of likely N-dealkylation sites (tertiary alicyclic amines) is 1. The van der Waals surface area contributed by atoms with Gasteiger partial charge in [-0.1, -0.05) is 31.2 Å². The first-order chi connectivity index (χ1) is 11.6. The van der Waals surface area contributed by atoms with Gasteiger partial charge in [-0.25, -0.2) is 0 Å². The molecule has 0 radical (unpaired) electrons. The van der Waals surface area contributed by atoms with Crippen molar-refractivity contribution < 1.29 is 9.59 Å². The number of piperidine rings is 1. The molecule has 1 N–H and O–H groups in total. The zero-order valence-electron chi connectivity index (χ0n) is 14.8. The third-order valence-electron chi connectivity index (χ3n) is 5.62. The summed E-state index contributed by atoms with van der Waals surface area (Å²) in [7, 11) is 0. The highest BCUT2D eigenvalue weighted by atomic mass is 16.2. The summed E-state index contributed by atoms with van der Waals surface area (Å²) >= 11 is 0. The summed E-state index contributed by atoms with van der Waals surface area (Å²) in [6, 6.07) is 8.48. The minimum Gasteiger partial charge on any atom is -0.355 e. The van der Waals surface area contributed by atoms with Crippen LogP contribution in [-0.2, 0) is 15.0 Å².